The second-order valence-electron chi connectivity index (χ2n) is 5.30. The Morgan fingerprint density at radius 2 is 1.75 bits per heavy atom. The van der Waals surface area contributed by atoms with Gasteiger partial charge in [0.1, 0.15) is 5.60 Å². The number of carbonyl (C=O) groups is 1. The third-order valence-electron chi connectivity index (χ3n) is 2.48. The minimum atomic E-state index is -0.497. The van der Waals surface area contributed by atoms with Gasteiger partial charge >= 0.3 is 5.97 Å². The smallest absolute Gasteiger partial charge is 0.331 e. The Morgan fingerprint density at radius 3 is 2.30 bits per heavy atom. The fraction of sp³-hybridized carbons (Fsp3) is 0.438. The van der Waals surface area contributed by atoms with Gasteiger partial charge in [0.05, 0.1) is 0 Å². The number of methoxy groups -OCH3 is 2. The molecule has 0 heterocycles. The van der Waals surface area contributed by atoms with Crippen LogP contribution in [0.5, 0.6) is 0 Å². The van der Waals surface area contributed by atoms with E-state index < -0.39 is 11.9 Å². The largest absolute Gasteiger partial charge is 0.457 e. The third kappa shape index (κ3) is 5.15. The van der Waals surface area contributed by atoms with Crippen molar-refractivity contribution >= 4 is 12.0 Å². The van der Waals surface area contributed by atoms with E-state index in [-0.39, 0.29) is 5.97 Å². The molecule has 0 aliphatic carbocycles. The lowest BCUT2D eigenvalue weighted by Crippen LogP contribution is -2.22. The Hall–Kier alpha value is -1.65. The maximum atomic E-state index is 11.7. The molecule has 1 rings (SSSR count). The molecule has 0 aliphatic rings. The number of esters is 1. The normalized spacial score (nSPS) is 12.1. The van der Waals surface area contributed by atoms with Crippen molar-refractivity contribution in [2.45, 2.75) is 32.7 Å². The zero-order chi connectivity index (χ0) is 15.2. The van der Waals surface area contributed by atoms with Crippen molar-refractivity contribution in [2.24, 2.45) is 0 Å². The van der Waals surface area contributed by atoms with Crippen molar-refractivity contribution in [3.63, 3.8) is 0 Å². The van der Waals surface area contributed by atoms with E-state index in [2.05, 4.69) is 0 Å². The van der Waals surface area contributed by atoms with Gasteiger partial charge in [-0.25, -0.2) is 4.79 Å². The summed E-state index contributed by atoms with van der Waals surface area (Å²) in [7, 11) is 3.14. The van der Waals surface area contributed by atoms with E-state index in [1.165, 1.54) is 6.08 Å². The third-order valence-corrected chi connectivity index (χ3v) is 2.48. The lowest BCUT2D eigenvalue weighted by molar-refractivity contribution is -0.148. The summed E-state index contributed by atoms with van der Waals surface area (Å²) >= 11 is 0. The van der Waals surface area contributed by atoms with Crippen LogP contribution >= 0.6 is 0 Å². The van der Waals surface area contributed by atoms with Crippen LogP contribution in [0.4, 0.5) is 0 Å². The summed E-state index contributed by atoms with van der Waals surface area (Å²) in [5.41, 5.74) is 1.21. The molecule has 20 heavy (non-hydrogen) atoms. The molecule has 0 atom stereocenters. The van der Waals surface area contributed by atoms with E-state index in [1.807, 2.05) is 45.0 Å². The summed E-state index contributed by atoms with van der Waals surface area (Å²) in [6.45, 7) is 5.50. The van der Waals surface area contributed by atoms with Gasteiger partial charge in [-0.15, -0.1) is 0 Å². The second kappa shape index (κ2) is 7.22. The second-order valence-corrected chi connectivity index (χ2v) is 5.30. The highest BCUT2D eigenvalue weighted by molar-refractivity contribution is 5.87. The first-order valence-electron chi connectivity index (χ1n) is 6.43. The zero-order valence-electron chi connectivity index (χ0n) is 12.7. The molecule has 1 aromatic rings. The molecule has 1 aromatic carbocycles. The van der Waals surface area contributed by atoms with E-state index in [0.717, 1.165) is 11.1 Å². The Morgan fingerprint density at radius 1 is 1.15 bits per heavy atom. The van der Waals surface area contributed by atoms with Crippen molar-refractivity contribution in [3.05, 3.63) is 41.5 Å². The summed E-state index contributed by atoms with van der Waals surface area (Å²) in [6.07, 6.45) is 2.65. The fourth-order valence-corrected chi connectivity index (χ4v) is 1.72. The average Bonchev–Trinajstić information content (AvgIpc) is 2.37. The van der Waals surface area contributed by atoms with Crippen LogP contribution in [0, 0.1) is 0 Å². The molecule has 0 spiro atoms. The predicted molar refractivity (Wildman–Crippen MR) is 78.1 cm³/mol. The summed E-state index contributed by atoms with van der Waals surface area (Å²) in [4.78, 5) is 11.7. The number of hydrogen-bond donors (Lipinski definition) is 0. The number of ether oxygens (including phenoxy) is 3. The zero-order valence-corrected chi connectivity index (χ0v) is 12.7. The summed E-state index contributed by atoms with van der Waals surface area (Å²) in [5, 5.41) is 0. The highest BCUT2D eigenvalue weighted by atomic mass is 16.7. The Labute approximate surface area is 120 Å². The highest BCUT2D eigenvalue weighted by Crippen LogP contribution is 2.22. The van der Waals surface area contributed by atoms with E-state index in [4.69, 9.17) is 14.2 Å². The van der Waals surface area contributed by atoms with Gasteiger partial charge in [-0.2, -0.15) is 0 Å². The molecule has 0 aromatic heterocycles. The van der Waals surface area contributed by atoms with Gasteiger partial charge in [-0.05, 0) is 32.4 Å². The maximum absolute atomic E-state index is 11.7. The molecule has 0 unspecified atom stereocenters. The molecule has 0 saturated carbocycles. The Balaban J connectivity index is 2.90. The van der Waals surface area contributed by atoms with Gasteiger partial charge in [0.25, 0.3) is 0 Å². The van der Waals surface area contributed by atoms with Crippen molar-refractivity contribution in [2.75, 3.05) is 14.2 Å². The molecule has 0 saturated heterocycles. The Kier molecular flexibility index (Phi) is 5.92. The van der Waals surface area contributed by atoms with Gasteiger partial charge in [0.15, 0.2) is 6.29 Å². The van der Waals surface area contributed by atoms with Crippen LogP contribution in [0.3, 0.4) is 0 Å². The molecule has 0 aliphatic heterocycles. The van der Waals surface area contributed by atoms with Crippen LogP contribution in [-0.2, 0) is 19.0 Å². The van der Waals surface area contributed by atoms with Crippen LogP contribution in [0.25, 0.3) is 6.08 Å². The summed E-state index contributed by atoms with van der Waals surface area (Å²) in [6, 6.07) is 7.57. The lowest BCUT2D eigenvalue weighted by atomic mass is 10.1. The highest BCUT2D eigenvalue weighted by Gasteiger charge is 2.15. The summed E-state index contributed by atoms with van der Waals surface area (Å²) in [5.74, 6) is -0.376. The molecular formula is C16H22O4. The van der Waals surface area contributed by atoms with Crippen LogP contribution in [-0.4, -0.2) is 25.8 Å². The predicted octanol–water partition coefficient (Wildman–Crippen LogP) is 3.33. The number of benzene rings is 1. The molecule has 4 heteroatoms. The molecule has 0 N–H and O–H groups in total. The molecule has 0 radical (unpaired) electrons. The van der Waals surface area contributed by atoms with Crippen LogP contribution in [0.2, 0.25) is 0 Å². The van der Waals surface area contributed by atoms with Crippen LogP contribution in [0.1, 0.15) is 38.2 Å². The van der Waals surface area contributed by atoms with Crippen molar-refractivity contribution in [3.8, 4) is 0 Å². The molecular weight excluding hydrogens is 256 g/mol. The van der Waals surface area contributed by atoms with Gasteiger partial charge in [-0.3, -0.25) is 0 Å². The minimum Gasteiger partial charge on any atom is -0.457 e. The number of rotatable bonds is 5. The lowest BCUT2D eigenvalue weighted by Gasteiger charge is -2.18. The molecule has 110 valence electrons. The van der Waals surface area contributed by atoms with E-state index in [1.54, 1.807) is 20.3 Å². The molecule has 4 nitrogen and oxygen atoms in total. The maximum Gasteiger partial charge on any atom is 0.331 e. The minimum absolute atomic E-state index is 0.376. The van der Waals surface area contributed by atoms with Gasteiger partial charge < -0.3 is 14.2 Å². The van der Waals surface area contributed by atoms with Crippen molar-refractivity contribution < 1.29 is 19.0 Å². The topological polar surface area (TPSA) is 44.8 Å². The molecule has 0 bridgehead atoms. The van der Waals surface area contributed by atoms with Crippen LogP contribution in [0.15, 0.2) is 30.3 Å². The first-order chi connectivity index (χ1) is 9.37. The quantitative estimate of drug-likeness (QED) is 0.471. The average molecular weight is 278 g/mol. The monoisotopic (exact) mass is 278 g/mol. The van der Waals surface area contributed by atoms with Gasteiger partial charge in [0.2, 0.25) is 0 Å². The molecule has 0 fully saturated rings. The van der Waals surface area contributed by atoms with E-state index in [0.29, 0.717) is 0 Å². The van der Waals surface area contributed by atoms with Crippen molar-refractivity contribution in [1.82, 2.24) is 0 Å². The van der Waals surface area contributed by atoms with E-state index >= 15 is 0 Å². The number of hydrogen-bond acceptors (Lipinski definition) is 4. The van der Waals surface area contributed by atoms with E-state index in [9.17, 15) is 4.79 Å². The van der Waals surface area contributed by atoms with Crippen LogP contribution < -0.4 is 0 Å². The SMILES string of the molecule is COC(OC)c1ccccc1/C=C/C(=O)OC(C)(C)C. The first-order valence-corrected chi connectivity index (χ1v) is 6.43. The van der Waals surface area contributed by atoms with Gasteiger partial charge in [0, 0.05) is 25.9 Å². The molecule has 0 amide bonds. The Bertz CT molecular complexity index is 468. The number of carbonyl (C=O) groups excluding carboxylic acids is 1. The standard InChI is InChI=1S/C16H22O4/c1-16(2,3)20-14(17)11-10-12-8-6-7-9-13(12)15(18-4)19-5/h6-11,15H,1-5H3/b11-10+. The first kappa shape index (κ1) is 16.4. The van der Waals surface area contributed by atoms with Crippen molar-refractivity contribution in [1.29, 1.82) is 0 Å². The fourth-order valence-electron chi connectivity index (χ4n) is 1.72. The summed E-state index contributed by atoms with van der Waals surface area (Å²) < 4.78 is 15.7. The van der Waals surface area contributed by atoms with Gasteiger partial charge in [-0.1, -0.05) is 24.3 Å².